The molecule has 0 bridgehead atoms. The van der Waals surface area contributed by atoms with Crippen LogP contribution in [0.3, 0.4) is 0 Å². The van der Waals surface area contributed by atoms with E-state index in [1.807, 2.05) is 0 Å². The number of esters is 1. The average molecular weight is 373 g/mol. The molecular formula is C17H31N3O6. The van der Waals surface area contributed by atoms with Crippen LogP contribution in [0.2, 0.25) is 0 Å². The van der Waals surface area contributed by atoms with E-state index in [0.29, 0.717) is 6.42 Å². The standard InChI is InChI=1S/C17H31N3O6/c1-11(13(22)20-17(5,6)14(23)25-7)19-12(21)9-8-10-18-15(24)26-16(2,3)4/h11H,8-10H2,1-7H3,(H,18,24)(H,19,21)(H,20,22). The molecule has 0 aromatic heterocycles. The second-order valence-corrected chi connectivity index (χ2v) is 7.43. The van der Waals surface area contributed by atoms with Gasteiger partial charge in [0.2, 0.25) is 11.8 Å². The third kappa shape index (κ3) is 9.85. The van der Waals surface area contributed by atoms with Gasteiger partial charge >= 0.3 is 12.1 Å². The highest BCUT2D eigenvalue weighted by Gasteiger charge is 2.32. The van der Waals surface area contributed by atoms with Crippen molar-refractivity contribution >= 4 is 23.9 Å². The van der Waals surface area contributed by atoms with Crippen LogP contribution >= 0.6 is 0 Å². The molecule has 0 aliphatic carbocycles. The average Bonchev–Trinajstić information content (AvgIpc) is 2.48. The lowest BCUT2D eigenvalue weighted by atomic mass is 10.1. The van der Waals surface area contributed by atoms with Gasteiger partial charge in [-0.2, -0.15) is 0 Å². The molecule has 0 aromatic rings. The van der Waals surface area contributed by atoms with Crippen LogP contribution in [0.25, 0.3) is 0 Å². The zero-order valence-corrected chi connectivity index (χ0v) is 16.6. The van der Waals surface area contributed by atoms with Gasteiger partial charge in [-0.3, -0.25) is 9.59 Å². The van der Waals surface area contributed by atoms with Gasteiger partial charge in [0.05, 0.1) is 7.11 Å². The number of rotatable bonds is 8. The lowest BCUT2D eigenvalue weighted by Gasteiger charge is -2.25. The number of carbonyl (C=O) groups excluding carboxylic acids is 4. The summed E-state index contributed by atoms with van der Waals surface area (Å²) in [5.74, 6) is -1.42. The molecule has 0 aliphatic rings. The molecular weight excluding hydrogens is 342 g/mol. The fraction of sp³-hybridized carbons (Fsp3) is 0.765. The van der Waals surface area contributed by atoms with Crippen molar-refractivity contribution in [3.8, 4) is 0 Å². The molecule has 0 saturated carbocycles. The Hall–Kier alpha value is -2.32. The van der Waals surface area contributed by atoms with Crippen LogP contribution in [0.5, 0.6) is 0 Å². The quantitative estimate of drug-likeness (QED) is 0.428. The zero-order chi connectivity index (χ0) is 20.5. The molecule has 150 valence electrons. The fourth-order valence-electron chi connectivity index (χ4n) is 1.86. The Labute approximate surface area is 154 Å². The molecule has 1 unspecified atom stereocenters. The van der Waals surface area contributed by atoms with Crippen molar-refractivity contribution in [1.82, 2.24) is 16.0 Å². The Morgan fingerprint density at radius 2 is 1.62 bits per heavy atom. The molecule has 26 heavy (non-hydrogen) atoms. The van der Waals surface area contributed by atoms with Crippen LogP contribution in [0.15, 0.2) is 0 Å². The van der Waals surface area contributed by atoms with Gasteiger partial charge in [-0.05, 0) is 48.0 Å². The summed E-state index contributed by atoms with van der Waals surface area (Å²) in [5.41, 5.74) is -1.77. The maximum absolute atomic E-state index is 12.1. The van der Waals surface area contributed by atoms with E-state index < -0.39 is 35.2 Å². The van der Waals surface area contributed by atoms with Crippen LogP contribution in [0.4, 0.5) is 4.79 Å². The van der Waals surface area contributed by atoms with E-state index >= 15 is 0 Å². The molecule has 0 fully saturated rings. The van der Waals surface area contributed by atoms with Crippen LogP contribution in [-0.2, 0) is 23.9 Å². The third-order valence-corrected chi connectivity index (χ3v) is 3.15. The molecule has 0 saturated heterocycles. The lowest BCUT2D eigenvalue weighted by molar-refractivity contribution is -0.149. The van der Waals surface area contributed by atoms with Crippen molar-refractivity contribution in [2.75, 3.05) is 13.7 Å². The molecule has 0 radical (unpaired) electrons. The number of amides is 3. The summed E-state index contributed by atoms with van der Waals surface area (Å²) in [7, 11) is 1.23. The second kappa shape index (κ2) is 9.98. The smallest absolute Gasteiger partial charge is 0.407 e. The first-order valence-electron chi connectivity index (χ1n) is 8.45. The van der Waals surface area contributed by atoms with Gasteiger partial charge in [0, 0.05) is 13.0 Å². The topological polar surface area (TPSA) is 123 Å². The summed E-state index contributed by atoms with van der Waals surface area (Å²) in [6, 6.07) is -0.815. The first-order valence-corrected chi connectivity index (χ1v) is 8.45. The van der Waals surface area contributed by atoms with Crippen LogP contribution < -0.4 is 16.0 Å². The SMILES string of the molecule is COC(=O)C(C)(C)NC(=O)C(C)NC(=O)CCCNC(=O)OC(C)(C)C. The predicted molar refractivity (Wildman–Crippen MR) is 95.3 cm³/mol. The first kappa shape index (κ1) is 23.7. The maximum atomic E-state index is 12.1. The molecule has 1 atom stereocenters. The maximum Gasteiger partial charge on any atom is 0.407 e. The minimum absolute atomic E-state index is 0.133. The summed E-state index contributed by atoms with van der Waals surface area (Å²) >= 11 is 0. The molecule has 3 amide bonds. The van der Waals surface area contributed by atoms with Gasteiger partial charge < -0.3 is 25.4 Å². The monoisotopic (exact) mass is 373 g/mol. The Morgan fingerprint density at radius 1 is 1.04 bits per heavy atom. The van der Waals surface area contributed by atoms with E-state index in [1.54, 1.807) is 20.8 Å². The van der Waals surface area contributed by atoms with Gasteiger partial charge in [-0.25, -0.2) is 9.59 Å². The first-order chi connectivity index (χ1) is 11.8. The van der Waals surface area contributed by atoms with E-state index in [9.17, 15) is 19.2 Å². The van der Waals surface area contributed by atoms with Gasteiger partial charge in [-0.1, -0.05) is 0 Å². The molecule has 0 heterocycles. The Kier molecular flexibility index (Phi) is 9.09. The highest BCUT2D eigenvalue weighted by molar-refractivity contribution is 5.91. The number of hydrogen-bond donors (Lipinski definition) is 3. The number of carbonyl (C=O) groups is 4. The summed E-state index contributed by atoms with van der Waals surface area (Å²) in [4.78, 5) is 46.9. The highest BCUT2D eigenvalue weighted by Crippen LogP contribution is 2.06. The molecule has 0 rings (SSSR count). The second-order valence-electron chi connectivity index (χ2n) is 7.43. The van der Waals surface area contributed by atoms with E-state index in [4.69, 9.17) is 4.74 Å². The largest absolute Gasteiger partial charge is 0.467 e. The van der Waals surface area contributed by atoms with Gasteiger partial charge in [0.1, 0.15) is 17.2 Å². The lowest BCUT2D eigenvalue weighted by Crippen LogP contribution is -2.55. The number of alkyl carbamates (subject to hydrolysis) is 1. The highest BCUT2D eigenvalue weighted by atomic mass is 16.6. The van der Waals surface area contributed by atoms with Crippen molar-refractivity contribution in [2.45, 2.75) is 71.6 Å². The van der Waals surface area contributed by atoms with Crippen molar-refractivity contribution in [1.29, 1.82) is 0 Å². The summed E-state index contributed by atoms with van der Waals surface area (Å²) in [5, 5.41) is 7.60. The normalized spacial score (nSPS) is 12.6. The molecule has 9 heteroatoms. The van der Waals surface area contributed by atoms with Crippen molar-refractivity contribution in [2.24, 2.45) is 0 Å². The number of nitrogens with one attached hydrogen (secondary N) is 3. The van der Waals surface area contributed by atoms with Crippen LogP contribution in [0, 0.1) is 0 Å². The Bertz CT molecular complexity index is 525. The van der Waals surface area contributed by atoms with E-state index in [0.717, 1.165) is 0 Å². The number of ether oxygens (including phenoxy) is 2. The molecule has 0 aromatic carbocycles. The van der Waals surface area contributed by atoms with Crippen molar-refractivity contribution in [3.05, 3.63) is 0 Å². The molecule has 9 nitrogen and oxygen atoms in total. The summed E-state index contributed by atoms with van der Waals surface area (Å²) in [6.45, 7) is 10.1. The third-order valence-electron chi connectivity index (χ3n) is 3.15. The summed E-state index contributed by atoms with van der Waals surface area (Å²) < 4.78 is 9.68. The minimum Gasteiger partial charge on any atom is -0.467 e. The van der Waals surface area contributed by atoms with Crippen molar-refractivity contribution < 1.29 is 28.7 Å². The van der Waals surface area contributed by atoms with Gasteiger partial charge in [0.15, 0.2) is 0 Å². The molecule has 3 N–H and O–H groups in total. The molecule has 0 aliphatic heterocycles. The number of methoxy groups -OCH3 is 1. The van der Waals surface area contributed by atoms with E-state index in [-0.39, 0.29) is 18.9 Å². The Balaban J connectivity index is 4.18. The summed E-state index contributed by atoms with van der Waals surface area (Å²) in [6.07, 6.45) is -0.0170. The Morgan fingerprint density at radius 3 is 2.12 bits per heavy atom. The van der Waals surface area contributed by atoms with Gasteiger partial charge in [-0.15, -0.1) is 0 Å². The minimum atomic E-state index is -1.19. The predicted octanol–water partition coefficient (Wildman–Crippen LogP) is 0.864. The van der Waals surface area contributed by atoms with Crippen LogP contribution in [0.1, 0.15) is 54.4 Å². The number of hydrogen-bond acceptors (Lipinski definition) is 6. The van der Waals surface area contributed by atoms with Crippen molar-refractivity contribution in [3.63, 3.8) is 0 Å². The zero-order valence-electron chi connectivity index (χ0n) is 16.6. The van der Waals surface area contributed by atoms with E-state index in [1.165, 1.54) is 27.9 Å². The molecule has 0 spiro atoms. The van der Waals surface area contributed by atoms with E-state index in [2.05, 4.69) is 20.7 Å². The van der Waals surface area contributed by atoms with Crippen LogP contribution in [-0.4, -0.2) is 54.7 Å². The van der Waals surface area contributed by atoms with Gasteiger partial charge in [0.25, 0.3) is 0 Å². The fourth-order valence-corrected chi connectivity index (χ4v) is 1.86.